The van der Waals surface area contributed by atoms with E-state index in [2.05, 4.69) is 31.5 Å². The highest BCUT2D eigenvalue weighted by molar-refractivity contribution is 7.22. The van der Waals surface area contributed by atoms with Gasteiger partial charge in [0.05, 0.1) is 28.4 Å². The van der Waals surface area contributed by atoms with Gasteiger partial charge in [-0.2, -0.15) is 5.10 Å². The van der Waals surface area contributed by atoms with Crippen molar-refractivity contribution in [1.29, 1.82) is 0 Å². The van der Waals surface area contributed by atoms with Crippen molar-refractivity contribution in [3.8, 4) is 5.75 Å². The van der Waals surface area contributed by atoms with Gasteiger partial charge in [0, 0.05) is 13.1 Å². The summed E-state index contributed by atoms with van der Waals surface area (Å²) in [4.78, 5) is 19.7. The summed E-state index contributed by atoms with van der Waals surface area (Å²) in [6, 6.07) is 7.98. The predicted molar refractivity (Wildman–Crippen MR) is 118 cm³/mol. The number of thiazole rings is 1. The van der Waals surface area contributed by atoms with E-state index in [0.717, 1.165) is 66.1 Å². The molecule has 1 amide bonds. The van der Waals surface area contributed by atoms with Crippen LogP contribution in [0.25, 0.3) is 10.2 Å². The van der Waals surface area contributed by atoms with Crippen LogP contribution in [0.4, 0.5) is 10.9 Å². The van der Waals surface area contributed by atoms with Crippen molar-refractivity contribution in [2.24, 2.45) is 5.92 Å². The monoisotopic (exact) mass is 423 g/mol. The van der Waals surface area contributed by atoms with Crippen molar-refractivity contribution in [2.75, 3.05) is 29.9 Å². The quantitative estimate of drug-likeness (QED) is 0.672. The van der Waals surface area contributed by atoms with Gasteiger partial charge in [-0.05, 0) is 68.9 Å². The highest BCUT2D eigenvalue weighted by Gasteiger charge is 2.28. The SMILES string of the molecule is CCOc1ccc2nc(NC(=O)[C@H]3CCCN(c4cc5c(nn4)CCC5)C3)sc2c1. The van der Waals surface area contributed by atoms with E-state index in [4.69, 9.17) is 4.74 Å². The van der Waals surface area contributed by atoms with Crippen LogP contribution in [0.2, 0.25) is 0 Å². The summed E-state index contributed by atoms with van der Waals surface area (Å²) in [5.41, 5.74) is 3.32. The van der Waals surface area contributed by atoms with Crippen LogP contribution in [0.15, 0.2) is 24.3 Å². The summed E-state index contributed by atoms with van der Waals surface area (Å²) < 4.78 is 6.57. The van der Waals surface area contributed by atoms with Crippen LogP contribution in [0, 0.1) is 5.92 Å². The molecular formula is C22H25N5O2S. The maximum atomic E-state index is 12.9. The molecule has 0 radical (unpaired) electrons. The molecule has 0 saturated carbocycles. The second kappa shape index (κ2) is 8.18. The van der Waals surface area contributed by atoms with Crippen LogP contribution in [0.3, 0.4) is 0 Å². The van der Waals surface area contributed by atoms with Crippen molar-refractivity contribution in [3.05, 3.63) is 35.5 Å². The Morgan fingerprint density at radius 3 is 3.10 bits per heavy atom. The number of aryl methyl sites for hydroxylation is 2. The first kappa shape index (κ1) is 19.2. The Hall–Kier alpha value is -2.74. The van der Waals surface area contributed by atoms with E-state index >= 15 is 0 Å². The van der Waals surface area contributed by atoms with Gasteiger partial charge in [0.15, 0.2) is 10.9 Å². The zero-order chi connectivity index (χ0) is 20.5. The number of ether oxygens (including phenoxy) is 1. The van der Waals surface area contributed by atoms with Gasteiger partial charge >= 0.3 is 0 Å². The maximum Gasteiger partial charge on any atom is 0.231 e. The highest BCUT2D eigenvalue weighted by Crippen LogP contribution is 2.31. The third-order valence-electron chi connectivity index (χ3n) is 5.82. The molecule has 5 rings (SSSR count). The Morgan fingerprint density at radius 1 is 1.27 bits per heavy atom. The highest BCUT2D eigenvalue weighted by atomic mass is 32.1. The van der Waals surface area contributed by atoms with E-state index in [1.165, 1.54) is 16.9 Å². The van der Waals surface area contributed by atoms with Crippen molar-refractivity contribution in [1.82, 2.24) is 15.2 Å². The third-order valence-corrected chi connectivity index (χ3v) is 6.76. The Kier molecular flexibility index (Phi) is 5.25. The molecule has 3 aromatic rings. The molecule has 2 aromatic heterocycles. The summed E-state index contributed by atoms with van der Waals surface area (Å²) in [6.07, 6.45) is 5.11. The number of hydrogen-bond acceptors (Lipinski definition) is 7. The lowest BCUT2D eigenvalue weighted by Crippen LogP contribution is -2.41. The first-order valence-electron chi connectivity index (χ1n) is 10.6. The molecule has 1 aliphatic heterocycles. The van der Waals surface area contributed by atoms with Crippen LogP contribution >= 0.6 is 11.3 Å². The van der Waals surface area contributed by atoms with Crippen LogP contribution in [-0.4, -0.2) is 40.8 Å². The fraction of sp³-hybridized carbons (Fsp3) is 0.455. The summed E-state index contributed by atoms with van der Waals surface area (Å²) in [6.45, 7) is 4.17. The second-order valence-electron chi connectivity index (χ2n) is 7.88. The summed E-state index contributed by atoms with van der Waals surface area (Å²) in [5.74, 6) is 1.67. The van der Waals surface area contributed by atoms with E-state index in [1.54, 1.807) is 0 Å². The van der Waals surface area contributed by atoms with Crippen molar-refractivity contribution in [2.45, 2.75) is 39.0 Å². The maximum absolute atomic E-state index is 12.9. The molecule has 1 N–H and O–H groups in total. The van der Waals surface area contributed by atoms with E-state index in [-0.39, 0.29) is 11.8 Å². The molecule has 0 spiro atoms. The molecule has 1 fully saturated rings. The normalized spacial score (nSPS) is 18.4. The summed E-state index contributed by atoms with van der Waals surface area (Å²) in [7, 11) is 0. The lowest BCUT2D eigenvalue weighted by Gasteiger charge is -2.32. The molecule has 8 heteroatoms. The average molecular weight is 424 g/mol. The minimum Gasteiger partial charge on any atom is -0.494 e. The molecule has 3 heterocycles. The van der Waals surface area contributed by atoms with Gasteiger partial charge in [-0.15, -0.1) is 5.10 Å². The van der Waals surface area contributed by atoms with Crippen molar-refractivity contribution in [3.63, 3.8) is 0 Å². The minimum absolute atomic E-state index is 0.0258. The van der Waals surface area contributed by atoms with Gasteiger partial charge in [0.2, 0.25) is 5.91 Å². The lowest BCUT2D eigenvalue weighted by molar-refractivity contribution is -0.120. The zero-order valence-corrected chi connectivity index (χ0v) is 17.9. The van der Waals surface area contributed by atoms with Crippen LogP contribution in [0.5, 0.6) is 5.75 Å². The Labute approximate surface area is 179 Å². The van der Waals surface area contributed by atoms with E-state index in [9.17, 15) is 4.79 Å². The van der Waals surface area contributed by atoms with Gasteiger partial charge in [0.25, 0.3) is 0 Å². The second-order valence-corrected chi connectivity index (χ2v) is 8.91. The van der Waals surface area contributed by atoms with Crippen molar-refractivity contribution < 1.29 is 9.53 Å². The summed E-state index contributed by atoms with van der Waals surface area (Å²) >= 11 is 1.48. The molecular weight excluding hydrogens is 398 g/mol. The number of amides is 1. The van der Waals surface area contributed by atoms with Gasteiger partial charge in [-0.25, -0.2) is 4.98 Å². The minimum atomic E-state index is -0.0835. The topological polar surface area (TPSA) is 80.2 Å². The van der Waals surface area contributed by atoms with Crippen LogP contribution in [-0.2, 0) is 17.6 Å². The number of anilines is 2. The molecule has 7 nitrogen and oxygen atoms in total. The Morgan fingerprint density at radius 2 is 2.20 bits per heavy atom. The van der Waals surface area contributed by atoms with Crippen LogP contribution in [0.1, 0.15) is 37.4 Å². The fourth-order valence-corrected chi connectivity index (χ4v) is 5.19. The first-order valence-corrected chi connectivity index (χ1v) is 11.5. The Balaban J connectivity index is 1.27. The van der Waals surface area contributed by atoms with Gasteiger partial charge in [-0.3, -0.25) is 4.79 Å². The third kappa shape index (κ3) is 3.84. The van der Waals surface area contributed by atoms with Gasteiger partial charge in [0.1, 0.15) is 5.75 Å². The Bertz CT molecular complexity index is 1080. The summed E-state index contributed by atoms with van der Waals surface area (Å²) in [5, 5.41) is 12.5. The average Bonchev–Trinajstić information content (AvgIpc) is 3.39. The number of aromatic nitrogens is 3. The molecule has 1 aliphatic carbocycles. The fourth-order valence-electron chi connectivity index (χ4n) is 4.29. The number of benzene rings is 1. The molecule has 1 aromatic carbocycles. The predicted octanol–water partition coefficient (Wildman–Crippen LogP) is 3.83. The molecule has 156 valence electrons. The number of hydrogen-bond donors (Lipinski definition) is 1. The van der Waals surface area contributed by atoms with Crippen molar-refractivity contribution >= 4 is 38.4 Å². The van der Waals surface area contributed by atoms with Gasteiger partial charge in [-0.1, -0.05) is 11.3 Å². The first-order chi connectivity index (χ1) is 14.7. The number of fused-ring (bicyclic) bond motifs is 2. The van der Waals surface area contributed by atoms with E-state index < -0.39 is 0 Å². The van der Waals surface area contributed by atoms with Gasteiger partial charge < -0.3 is 15.0 Å². The standard InChI is InChI=1S/C22H25N5O2S/c1-2-29-16-8-9-18-19(12-16)30-22(23-18)24-21(28)15-6-4-10-27(13-15)20-11-14-5-3-7-17(14)25-26-20/h8-9,11-12,15H,2-7,10,13H2,1H3,(H,23,24,28)/t15-/m0/s1. The van der Waals surface area contributed by atoms with Crippen LogP contribution < -0.4 is 15.0 Å². The molecule has 1 saturated heterocycles. The largest absolute Gasteiger partial charge is 0.494 e. The number of carbonyl (C=O) groups is 1. The van der Waals surface area contributed by atoms with E-state index in [0.29, 0.717) is 18.3 Å². The number of nitrogens with zero attached hydrogens (tertiary/aromatic N) is 4. The number of nitrogens with one attached hydrogen (secondary N) is 1. The molecule has 30 heavy (non-hydrogen) atoms. The molecule has 0 bridgehead atoms. The zero-order valence-electron chi connectivity index (χ0n) is 17.1. The molecule has 2 aliphatic rings. The van der Waals surface area contributed by atoms with E-state index in [1.807, 2.05) is 25.1 Å². The molecule has 1 atom stereocenters. The molecule has 0 unspecified atom stereocenters. The number of carbonyl (C=O) groups excluding carboxylic acids is 1. The number of piperidine rings is 1. The number of rotatable bonds is 5. The lowest BCUT2D eigenvalue weighted by atomic mass is 9.97. The smallest absolute Gasteiger partial charge is 0.231 e.